The van der Waals surface area contributed by atoms with E-state index >= 15 is 0 Å². The lowest BCUT2D eigenvalue weighted by molar-refractivity contribution is -0.585. The summed E-state index contributed by atoms with van der Waals surface area (Å²) in [7, 11) is 1.35. The molecule has 0 N–H and O–H groups in total. The molecule has 0 aliphatic rings. The van der Waals surface area contributed by atoms with Gasteiger partial charge in [0.25, 0.3) is 0 Å². The van der Waals surface area contributed by atoms with Gasteiger partial charge in [-0.2, -0.15) is 4.79 Å². The molecule has 0 aliphatic carbocycles. The van der Waals surface area contributed by atoms with Crippen LogP contribution in [0.4, 0.5) is 4.79 Å². The van der Waals surface area contributed by atoms with Gasteiger partial charge in [-0.3, -0.25) is 0 Å². The second-order valence-electron chi connectivity index (χ2n) is 1.75. The number of hydrogen-bond acceptors (Lipinski definition) is 2. The highest BCUT2D eigenvalue weighted by Crippen LogP contribution is 1.77. The van der Waals surface area contributed by atoms with Crippen molar-refractivity contribution in [1.29, 1.82) is 0 Å². The summed E-state index contributed by atoms with van der Waals surface area (Å²) >= 11 is 0. The van der Waals surface area contributed by atoms with Crippen LogP contribution in [-0.2, 0) is 4.74 Å². The fourth-order valence-corrected chi connectivity index (χ4v) is 0.626. The maximum atomic E-state index is 10.8. The Kier molecular flexibility index (Phi) is 1.99. The van der Waals surface area contributed by atoms with E-state index in [1.807, 2.05) is 6.07 Å². The highest BCUT2D eigenvalue weighted by molar-refractivity contribution is 5.56. The quantitative estimate of drug-likeness (QED) is 0.491. The highest BCUT2D eigenvalue weighted by Gasteiger charge is 2.10. The predicted octanol–water partition coefficient (Wildman–Crippen LogP) is 0.589. The summed E-state index contributed by atoms with van der Waals surface area (Å²) in [4.78, 5) is 10.8. The lowest BCUT2D eigenvalue weighted by Crippen LogP contribution is -2.41. The van der Waals surface area contributed by atoms with Crippen LogP contribution in [0, 0.1) is 0 Å². The normalized spacial score (nSPS) is 8.90. The Balaban J connectivity index is 2.85. The van der Waals surface area contributed by atoms with Crippen molar-refractivity contribution in [2.75, 3.05) is 7.11 Å². The van der Waals surface area contributed by atoms with Gasteiger partial charge in [0.15, 0.2) is 12.4 Å². The van der Waals surface area contributed by atoms with Crippen molar-refractivity contribution in [3.63, 3.8) is 0 Å². The van der Waals surface area contributed by atoms with Crippen LogP contribution in [0.25, 0.3) is 0 Å². The van der Waals surface area contributed by atoms with Gasteiger partial charge in [-0.15, -0.1) is 0 Å². The first-order valence-corrected chi connectivity index (χ1v) is 2.89. The molecule has 0 aromatic carbocycles. The standard InChI is InChI=1S/C7H8NO2/c1-10-7(9)8-5-3-2-4-6-8/h2-6H,1H3/q+1. The number of carbonyl (C=O) groups is 1. The Morgan fingerprint density at radius 3 is 2.40 bits per heavy atom. The first kappa shape index (κ1) is 6.74. The van der Waals surface area contributed by atoms with Crippen molar-refractivity contribution in [2.45, 2.75) is 0 Å². The van der Waals surface area contributed by atoms with Gasteiger partial charge in [-0.25, -0.2) is 0 Å². The average molecular weight is 138 g/mol. The van der Waals surface area contributed by atoms with Gasteiger partial charge >= 0.3 is 6.09 Å². The van der Waals surface area contributed by atoms with E-state index in [1.54, 1.807) is 24.5 Å². The van der Waals surface area contributed by atoms with Crippen LogP contribution in [0.5, 0.6) is 0 Å². The fraction of sp³-hybridized carbons (Fsp3) is 0.143. The third-order valence-corrected chi connectivity index (χ3v) is 1.10. The summed E-state index contributed by atoms with van der Waals surface area (Å²) in [6, 6.07) is 5.35. The number of methoxy groups -OCH3 is 1. The van der Waals surface area contributed by atoms with E-state index in [4.69, 9.17) is 0 Å². The molecule has 0 aliphatic heterocycles. The Morgan fingerprint density at radius 2 is 1.90 bits per heavy atom. The molecule has 0 unspecified atom stereocenters. The molecule has 1 aromatic heterocycles. The molecule has 0 saturated carbocycles. The van der Waals surface area contributed by atoms with Crippen LogP contribution >= 0.6 is 0 Å². The molecule has 1 aromatic rings. The van der Waals surface area contributed by atoms with Gasteiger partial charge in [0.1, 0.15) is 0 Å². The molecule has 0 saturated heterocycles. The first-order chi connectivity index (χ1) is 4.84. The summed E-state index contributed by atoms with van der Waals surface area (Å²) in [5.41, 5.74) is 0. The van der Waals surface area contributed by atoms with Gasteiger partial charge in [0.2, 0.25) is 0 Å². The SMILES string of the molecule is COC(=O)[n+]1ccccc1. The monoisotopic (exact) mass is 138 g/mol. The average Bonchev–Trinajstić information content (AvgIpc) is 2.05. The number of nitrogens with zero attached hydrogens (tertiary/aromatic N) is 1. The van der Waals surface area contributed by atoms with Crippen molar-refractivity contribution in [3.05, 3.63) is 30.6 Å². The lowest BCUT2D eigenvalue weighted by Gasteiger charge is -1.88. The molecule has 0 bridgehead atoms. The van der Waals surface area contributed by atoms with Crippen molar-refractivity contribution in [3.8, 4) is 0 Å². The molecule has 0 spiro atoms. The van der Waals surface area contributed by atoms with Crippen LogP contribution < -0.4 is 4.57 Å². The summed E-state index contributed by atoms with van der Waals surface area (Å²) in [6.45, 7) is 0. The molecule has 1 heterocycles. The Hall–Kier alpha value is -1.38. The van der Waals surface area contributed by atoms with Gasteiger partial charge < -0.3 is 4.74 Å². The van der Waals surface area contributed by atoms with Gasteiger partial charge in [-0.1, -0.05) is 10.6 Å². The molecule has 3 nitrogen and oxygen atoms in total. The number of carbonyl (C=O) groups excluding carboxylic acids is 1. The zero-order valence-corrected chi connectivity index (χ0v) is 5.65. The minimum atomic E-state index is -0.374. The number of hydrogen-bond donors (Lipinski definition) is 0. The van der Waals surface area contributed by atoms with Gasteiger partial charge in [0, 0.05) is 12.1 Å². The Morgan fingerprint density at radius 1 is 1.30 bits per heavy atom. The molecule has 10 heavy (non-hydrogen) atoms. The van der Waals surface area contributed by atoms with Crippen LogP contribution in [0.1, 0.15) is 0 Å². The minimum absolute atomic E-state index is 0.374. The summed E-state index contributed by atoms with van der Waals surface area (Å²) < 4.78 is 5.82. The summed E-state index contributed by atoms with van der Waals surface area (Å²) in [5.74, 6) is 0. The molecule has 0 radical (unpaired) electrons. The van der Waals surface area contributed by atoms with Crippen molar-refractivity contribution in [2.24, 2.45) is 0 Å². The Bertz CT molecular complexity index is 220. The van der Waals surface area contributed by atoms with E-state index in [1.165, 1.54) is 11.7 Å². The highest BCUT2D eigenvalue weighted by atomic mass is 16.5. The topological polar surface area (TPSA) is 30.2 Å². The molecule has 0 atom stereocenters. The first-order valence-electron chi connectivity index (χ1n) is 2.89. The molecule has 3 heteroatoms. The van der Waals surface area contributed by atoms with Crippen LogP contribution in [-0.4, -0.2) is 13.2 Å². The molecule has 1 rings (SSSR count). The van der Waals surface area contributed by atoms with Crippen LogP contribution in [0.15, 0.2) is 30.6 Å². The minimum Gasteiger partial charge on any atom is -0.415 e. The van der Waals surface area contributed by atoms with E-state index in [2.05, 4.69) is 4.74 Å². The molecule has 52 valence electrons. The fourth-order valence-electron chi connectivity index (χ4n) is 0.626. The van der Waals surface area contributed by atoms with Gasteiger partial charge in [-0.05, 0) is 0 Å². The summed E-state index contributed by atoms with van der Waals surface area (Å²) in [5, 5.41) is 0. The molecule has 0 amide bonds. The van der Waals surface area contributed by atoms with Crippen LogP contribution in [0.3, 0.4) is 0 Å². The Labute approximate surface area is 58.9 Å². The summed E-state index contributed by atoms with van der Waals surface area (Å²) in [6.07, 6.45) is 2.89. The van der Waals surface area contributed by atoms with Crippen LogP contribution in [0.2, 0.25) is 0 Å². The van der Waals surface area contributed by atoms with E-state index in [0.717, 1.165) is 0 Å². The number of pyridine rings is 1. The van der Waals surface area contributed by atoms with E-state index < -0.39 is 0 Å². The lowest BCUT2D eigenvalue weighted by atomic mass is 10.5. The van der Waals surface area contributed by atoms with Crippen molar-refractivity contribution < 1.29 is 14.1 Å². The zero-order valence-electron chi connectivity index (χ0n) is 5.65. The third kappa shape index (κ3) is 1.31. The number of aromatic nitrogens is 1. The maximum absolute atomic E-state index is 10.8. The van der Waals surface area contributed by atoms with E-state index in [0.29, 0.717) is 0 Å². The maximum Gasteiger partial charge on any atom is 0.601 e. The number of rotatable bonds is 0. The predicted molar refractivity (Wildman–Crippen MR) is 34.4 cm³/mol. The molecular weight excluding hydrogens is 130 g/mol. The number of ether oxygens (including phenoxy) is 1. The van der Waals surface area contributed by atoms with E-state index in [-0.39, 0.29) is 6.09 Å². The van der Waals surface area contributed by atoms with Crippen molar-refractivity contribution in [1.82, 2.24) is 0 Å². The second-order valence-corrected chi connectivity index (χ2v) is 1.75. The van der Waals surface area contributed by atoms with E-state index in [9.17, 15) is 4.79 Å². The molecular formula is C7H8NO2+. The second kappa shape index (κ2) is 2.96. The largest absolute Gasteiger partial charge is 0.601 e. The van der Waals surface area contributed by atoms with Crippen molar-refractivity contribution >= 4 is 6.09 Å². The zero-order chi connectivity index (χ0) is 7.40. The molecule has 0 fully saturated rings. The third-order valence-electron chi connectivity index (χ3n) is 1.10. The smallest absolute Gasteiger partial charge is 0.415 e. The van der Waals surface area contributed by atoms with Gasteiger partial charge in [0.05, 0.1) is 7.11 Å².